The Morgan fingerprint density at radius 2 is 1.00 bits per heavy atom. The average molecular weight is 104 g/mol. The number of hydrogen-bond donors (Lipinski definition) is 0. The molecule has 0 aromatic carbocycles. The predicted molar refractivity (Wildman–Crippen MR) is 33.9 cm³/mol. The summed E-state index contributed by atoms with van der Waals surface area (Å²) >= 11 is 0. The van der Waals surface area contributed by atoms with E-state index in [-0.39, 0.29) is 0 Å². The maximum absolute atomic E-state index is 3.01. The summed E-state index contributed by atoms with van der Waals surface area (Å²) in [6.07, 6.45) is 0. The third kappa shape index (κ3) is 1.04. The van der Waals surface area contributed by atoms with Gasteiger partial charge in [-0.25, -0.2) is 0 Å². The minimum atomic E-state index is 0.297. The fourth-order valence-electron chi connectivity index (χ4n) is 0.572. The van der Waals surface area contributed by atoms with Crippen LogP contribution in [-0.2, 0) is 0 Å². The Kier molecular flexibility index (Phi) is 1.27. The minimum absolute atomic E-state index is 0.297. The lowest BCUT2D eigenvalue weighted by atomic mass is 10.1. The first-order chi connectivity index (χ1) is 3.79. The molecule has 0 amide bonds. The summed E-state index contributed by atoms with van der Waals surface area (Å²) in [6, 6.07) is 0. The van der Waals surface area contributed by atoms with Crippen LogP contribution in [0.5, 0.6) is 0 Å². The standard InChI is InChI=1S/C8H8/c1-7-3-5-8(2)6-4-7/h7-8H,1-2H3. The molecule has 0 spiro atoms. The van der Waals surface area contributed by atoms with Gasteiger partial charge in [-0.15, -0.1) is 0 Å². The molecule has 40 valence electrons. The molecule has 0 heterocycles. The molecule has 0 aliphatic heterocycles. The Hall–Kier alpha value is -0.880. The lowest BCUT2D eigenvalue weighted by Gasteiger charge is -1.97. The summed E-state index contributed by atoms with van der Waals surface area (Å²) in [4.78, 5) is 0. The van der Waals surface area contributed by atoms with Gasteiger partial charge in [-0.2, -0.15) is 0 Å². The Bertz CT molecular complexity index is 152. The molecule has 0 unspecified atom stereocenters. The zero-order valence-electron chi connectivity index (χ0n) is 5.15. The van der Waals surface area contributed by atoms with Gasteiger partial charge in [-0.3, -0.25) is 0 Å². The molecule has 0 aromatic rings. The van der Waals surface area contributed by atoms with Crippen LogP contribution in [0.1, 0.15) is 13.8 Å². The van der Waals surface area contributed by atoms with Crippen molar-refractivity contribution in [3.63, 3.8) is 0 Å². The highest BCUT2D eigenvalue weighted by atomic mass is 14.0. The van der Waals surface area contributed by atoms with Crippen LogP contribution < -0.4 is 0 Å². The zero-order valence-corrected chi connectivity index (χ0v) is 5.15. The molecular weight excluding hydrogens is 96.1 g/mol. The summed E-state index contributed by atoms with van der Waals surface area (Å²) in [7, 11) is 0. The monoisotopic (exact) mass is 104 g/mol. The predicted octanol–water partition coefficient (Wildman–Crippen LogP) is 1.28. The van der Waals surface area contributed by atoms with E-state index in [0.29, 0.717) is 11.8 Å². The van der Waals surface area contributed by atoms with Gasteiger partial charge in [-0.05, 0) is 13.8 Å². The van der Waals surface area contributed by atoms with Crippen molar-refractivity contribution in [3.05, 3.63) is 0 Å². The normalized spacial score (nSPS) is 31.8. The van der Waals surface area contributed by atoms with Crippen molar-refractivity contribution >= 4 is 0 Å². The maximum Gasteiger partial charge on any atom is 0.0784 e. The van der Waals surface area contributed by atoms with Crippen LogP contribution in [0.15, 0.2) is 0 Å². The number of hydrogen-bond acceptors (Lipinski definition) is 0. The molecule has 0 saturated carbocycles. The molecule has 0 aromatic heterocycles. The molecule has 0 radical (unpaired) electrons. The quantitative estimate of drug-likeness (QED) is 0.406. The van der Waals surface area contributed by atoms with Crippen molar-refractivity contribution in [2.75, 3.05) is 0 Å². The Morgan fingerprint density at radius 3 is 1.25 bits per heavy atom. The van der Waals surface area contributed by atoms with Gasteiger partial charge in [0.05, 0.1) is 11.8 Å². The van der Waals surface area contributed by atoms with Gasteiger partial charge >= 0.3 is 0 Å². The molecule has 0 fully saturated rings. The number of rotatable bonds is 0. The molecule has 8 heavy (non-hydrogen) atoms. The van der Waals surface area contributed by atoms with Gasteiger partial charge < -0.3 is 0 Å². The van der Waals surface area contributed by atoms with E-state index in [1.807, 2.05) is 13.8 Å². The molecule has 0 N–H and O–H groups in total. The highest BCUT2D eigenvalue weighted by molar-refractivity contribution is 5.28. The second kappa shape index (κ2) is 1.93. The van der Waals surface area contributed by atoms with Gasteiger partial charge in [0, 0.05) is 0 Å². The molecule has 1 aliphatic carbocycles. The van der Waals surface area contributed by atoms with Crippen molar-refractivity contribution in [1.29, 1.82) is 0 Å². The summed E-state index contributed by atoms with van der Waals surface area (Å²) in [6.45, 7) is 4.04. The SMILES string of the molecule is CC1C#CC(C)C#C1. The van der Waals surface area contributed by atoms with E-state index in [9.17, 15) is 0 Å². The summed E-state index contributed by atoms with van der Waals surface area (Å²) in [5.74, 6) is 12.6. The van der Waals surface area contributed by atoms with Gasteiger partial charge in [0.2, 0.25) is 0 Å². The first kappa shape index (κ1) is 5.26. The van der Waals surface area contributed by atoms with E-state index in [2.05, 4.69) is 23.7 Å². The second-order valence-electron chi connectivity index (χ2n) is 2.02. The van der Waals surface area contributed by atoms with Crippen LogP contribution >= 0.6 is 0 Å². The molecule has 0 heteroatoms. The third-order valence-electron chi connectivity index (χ3n) is 1.03. The largest absolute Gasteiger partial charge is 0.0858 e. The lowest BCUT2D eigenvalue weighted by Crippen LogP contribution is -1.94. The Labute approximate surface area is 50.3 Å². The van der Waals surface area contributed by atoms with Crippen LogP contribution in [0.2, 0.25) is 0 Å². The first-order valence-corrected chi connectivity index (χ1v) is 2.81. The third-order valence-corrected chi connectivity index (χ3v) is 1.03. The van der Waals surface area contributed by atoms with Crippen molar-refractivity contribution < 1.29 is 0 Å². The van der Waals surface area contributed by atoms with E-state index < -0.39 is 0 Å². The van der Waals surface area contributed by atoms with Crippen LogP contribution in [0.25, 0.3) is 0 Å². The molecule has 1 rings (SSSR count). The van der Waals surface area contributed by atoms with Gasteiger partial charge in [-0.1, -0.05) is 23.7 Å². The summed E-state index contributed by atoms with van der Waals surface area (Å²) in [5.41, 5.74) is 0. The van der Waals surface area contributed by atoms with E-state index >= 15 is 0 Å². The van der Waals surface area contributed by atoms with E-state index in [4.69, 9.17) is 0 Å². The topological polar surface area (TPSA) is 0 Å². The molecule has 0 atom stereocenters. The summed E-state index contributed by atoms with van der Waals surface area (Å²) < 4.78 is 0. The van der Waals surface area contributed by atoms with Crippen LogP contribution in [-0.4, -0.2) is 0 Å². The Morgan fingerprint density at radius 1 is 0.750 bits per heavy atom. The van der Waals surface area contributed by atoms with Gasteiger partial charge in [0.15, 0.2) is 0 Å². The molecule has 0 saturated heterocycles. The second-order valence-corrected chi connectivity index (χ2v) is 2.02. The van der Waals surface area contributed by atoms with Gasteiger partial charge in [0.1, 0.15) is 0 Å². The van der Waals surface area contributed by atoms with E-state index in [0.717, 1.165) is 0 Å². The zero-order chi connectivity index (χ0) is 5.98. The molecular formula is C8H8. The fraction of sp³-hybridized carbons (Fsp3) is 0.500. The highest BCUT2D eigenvalue weighted by Gasteiger charge is 1.96. The van der Waals surface area contributed by atoms with Crippen molar-refractivity contribution in [2.45, 2.75) is 13.8 Å². The summed E-state index contributed by atoms with van der Waals surface area (Å²) in [5, 5.41) is 0. The van der Waals surface area contributed by atoms with Crippen LogP contribution in [0.3, 0.4) is 0 Å². The lowest BCUT2D eigenvalue weighted by molar-refractivity contribution is 0.946. The molecule has 0 nitrogen and oxygen atoms in total. The van der Waals surface area contributed by atoms with Crippen molar-refractivity contribution in [1.82, 2.24) is 0 Å². The van der Waals surface area contributed by atoms with Gasteiger partial charge in [0.25, 0.3) is 0 Å². The fourth-order valence-corrected chi connectivity index (χ4v) is 0.572. The molecule has 1 aliphatic rings. The highest BCUT2D eigenvalue weighted by Crippen LogP contribution is 1.98. The van der Waals surface area contributed by atoms with E-state index in [1.165, 1.54) is 0 Å². The Balaban J connectivity index is 2.69. The van der Waals surface area contributed by atoms with E-state index in [1.54, 1.807) is 0 Å². The maximum atomic E-state index is 3.01. The van der Waals surface area contributed by atoms with Crippen molar-refractivity contribution in [2.24, 2.45) is 11.8 Å². The minimum Gasteiger partial charge on any atom is -0.0858 e. The van der Waals surface area contributed by atoms with Crippen molar-refractivity contribution in [3.8, 4) is 23.7 Å². The first-order valence-electron chi connectivity index (χ1n) is 2.81. The smallest absolute Gasteiger partial charge is 0.0784 e. The van der Waals surface area contributed by atoms with Crippen LogP contribution in [0.4, 0.5) is 0 Å². The average Bonchev–Trinajstić information content (AvgIpc) is 1.77. The van der Waals surface area contributed by atoms with Crippen LogP contribution in [0, 0.1) is 35.5 Å². The molecule has 0 bridgehead atoms.